The van der Waals surface area contributed by atoms with Gasteiger partial charge in [0.05, 0.1) is 6.04 Å². The summed E-state index contributed by atoms with van der Waals surface area (Å²) >= 11 is 0. The van der Waals surface area contributed by atoms with E-state index >= 15 is 0 Å². The second kappa shape index (κ2) is 7.27. The lowest BCUT2D eigenvalue weighted by Gasteiger charge is -2.28. The van der Waals surface area contributed by atoms with Crippen LogP contribution in [0.5, 0.6) is 0 Å². The SMILES string of the molecule is CC(C)Cc1cc(C(=O)N2C[C@@H]3CNC[C@@H]3[C@@H]2c2ccccc2)nc(N)n1. The standard InChI is InChI=1S/C21H27N5O/c1-13(2)8-16-9-18(25-21(22)24-16)20(27)26-12-15-10-23-11-17(15)19(26)14-6-4-3-5-7-14/h3-7,9,13,15,17,19,23H,8,10-12H2,1-2H3,(H2,22,24,25)/t15-,17-,19-/m0/s1. The number of nitrogen functional groups attached to an aromatic ring is 1. The Kier molecular flexibility index (Phi) is 4.83. The lowest BCUT2D eigenvalue weighted by Crippen LogP contribution is -2.35. The second-order valence-corrected chi connectivity index (χ2v) is 8.10. The number of carbonyl (C=O) groups excluding carboxylic acids is 1. The molecule has 27 heavy (non-hydrogen) atoms. The highest BCUT2D eigenvalue weighted by molar-refractivity contribution is 5.93. The number of hydrogen-bond donors (Lipinski definition) is 2. The molecule has 3 heterocycles. The van der Waals surface area contributed by atoms with Gasteiger partial charge in [0.15, 0.2) is 0 Å². The van der Waals surface area contributed by atoms with Crippen molar-refractivity contribution in [2.24, 2.45) is 17.8 Å². The summed E-state index contributed by atoms with van der Waals surface area (Å²) in [4.78, 5) is 24.0. The number of nitrogens with two attached hydrogens (primary N) is 1. The van der Waals surface area contributed by atoms with Crippen LogP contribution in [0.1, 0.15) is 41.6 Å². The summed E-state index contributed by atoms with van der Waals surface area (Å²) < 4.78 is 0. The van der Waals surface area contributed by atoms with Gasteiger partial charge in [0.1, 0.15) is 5.69 Å². The van der Waals surface area contributed by atoms with Crippen molar-refractivity contribution in [2.45, 2.75) is 26.3 Å². The van der Waals surface area contributed by atoms with Gasteiger partial charge in [-0.2, -0.15) is 0 Å². The molecule has 6 nitrogen and oxygen atoms in total. The van der Waals surface area contributed by atoms with E-state index in [2.05, 4.69) is 41.3 Å². The molecule has 2 aliphatic rings. The number of fused-ring (bicyclic) bond motifs is 1. The van der Waals surface area contributed by atoms with Gasteiger partial charge in [-0.05, 0) is 29.9 Å². The molecule has 0 aliphatic carbocycles. The number of amides is 1. The highest BCUT2D eigenvalue weighted by atomic mass is 16.2. The molecule has 2 aliphatic heterocycles. The molecule has 3 atom stereocenters. The third kappa shape index (κ3) is 3.54. The number of nitrogens with one attached hydrogen (secondary N) is 1. The normalized spacial score (nSPS) is 24.4. The van der Waals surface area contributed by atoms with Crippen molar-refractivity contribution in [3.63, 3.8) is 0 Å². The largest absolute Gasteiger partial charge is 0.368 e. The van der Waals surface area contributed by atoms with Crippen molar-refractivity contribution in [3.05, 3.63) is 53.3 Å². The van der Waals surface area contributed by atoms with Crippen molar-refractivity contribution in [2.75, 3.05) is 25.4 Å². The molecular weight excluding hydrogens is 338 g/mol. The summed E-state index contributed by atoms with van der Waals surface area (Å²) in [5.74, 6) is 1.49. The summed E-state index contributed by atoms with van der Waals surface area (Å²) in [6.45, 7) is 6.90. The molecule has 1 aromatic heterocycles. The summed E-state index contributed by atoms with van der Waals surface area (Å²) in [6.07, 6.45) is 0.782. The molecule has 142 valence electrons. The number of nitrogens with zero attached hydrogens (tertiary/aromatic N) is 3. The highest BCUT2D eigenvalue weighted by Gasteiger charge is 2.47. The van der Waals surface area contributed by atoms with Crippen molar-refractivity contribution in [3.8, 4) is 0 Å². The molecule has 0 radical (unpaired) electrons. The maximum Gasteiger partial charge on any atom is 0.273 e. The van der Waals surface area contributed by atoms with Crippen LogP contribution in [0.15, 0.2) is 36.4 Å². The van der Waals surface area contributed by atoms with Crippen LogP contribution < -0.4 is 11.1 Å². The van der Waals surface area contributed by atoms with E-state index in [-0.39, 0.29) is 17.9 Å². The van der Waals surface area contributed by atoms with E-state index in [1.54, 1.807) is 0 Å². The molecule has 0 unspecified atom stereocenters. The number of rotatable bonds is 4. The number of hydrogen-bond acceptors (Lipinski definition) is 5. The van der Waals surface area contributed by atoms with Crippen molar-refractivity contribution in [1.82, 2.24) is 20.2 Å². The molecule has 2 saturated heterocycles. The zero-order valence-corrected chi connectivity index (χ0v) is 15.9. The molecule has 6 heteroatoms. The minimum absolute atomic E-state index is 0.0441. The molecule has 1 aromatic carbocycles. The predicted molar refractivity (Wildman–Crippen MR) is 105 cm³/mol. The predicted octanol–water partition coefficient (Wildman–Crippen LogP) is 2.29. The van der Waals surface area contributed by atoms with E-state index in [4.69, 9.17) is 5.73 Å². The van der Waals surface area contributed by atoms with Crippen LogP contribution in [0.4, 0.5) is 5.95 Å². The Morgan fingerprint density at radius 1 is 1.26 bits per heavy atom. The maximum atomic E-state index is 13.4. The van der Waals surface area contributed by atoms with E-state index in [1.165, 1.54) is 5.56 Å². The fourth-order valence-electron chi connectivity index (χ4n) is 4.50. The topological polar surface area (TPSA) is 84.1 Å². The van der Waals surface area contributed by atoms with Gasteiger partial charge in [0.2, 0.25) is 5.95 Å². The fourth-order valence-corrected chi connectivity index (χ4v) is 4.50. The molecule has 4 rings (SSSR count). The van der Waals surface area contributed by atoms with Gasteiger partial charge in [0.25, 0.3) is 5.91 Å². The third-order valence-electron chi connectivity index (χ3n) is 5.60. The Hall–Kier alpha value is -2.47. The quantitative estimate of drug-likeness (QED) is 0.868. The highest BCUT2D eigenvalue weighted by Crippen LogP contribution is 2.43. The first-order valence-electron chi connectivity index (χ1n) is 9.73. The smallest absolute Gasteiger partial charge is 0.273 e. The van der Waals surface area contributed by atoms with E-state index in [0.717, 1.165) is 31.7 Å². The van der Waals surface area contributed by atoms with Crippen LogP contribution in [0, 0.1) is 17.8 Å². The van der Waals surface area contributed by atoms with Gasteiger partial charge in [-0.15, -0.1) is 0 Å². The lowest BCUT2D eigenvalue weighted by atomic mass is 9.89. The van der Waals surface area contributed by atoms with Crippen LogP contribution in [0.3, 0.4) is 0 Å². The van der Waals surface area contributed by atoms with Crippen molar-refractivity contribution < 1.29 is 4.79 Å². The Labute approximate surface area is 160 Å². The molecule has 0 bridgehead atoms. The van der Waals surface area contributed by atoms with Crippen LogP contribution in [0.25, 0.3) is 0 Å². The summed E-state index contributed by atoms with van der Waals surface area (Å²) in [6, 6.07) is 12.2. The minimum Gasteiger partial charge on any atom is -0.368 e. The molecule has 3 N–H and O–H groups in total. The Balaban J connectivity index is 1.67. The molecule has 0 spiro atoms. The Morgan fingerprint density at radius 3 is 2.78 bits per heavy atom. The second-order valence-electron chi connectivity index (χ2n) is 8.10. The molecule has 2 aromatic rings. The van der Waals surface area contributed by atoms with Crippen LogP contribution in [-0.2, 0) is 6.42 Å². The first-order chi connectivity index (χ1) is 13.0. The zero-order valence-electron chi connectivity index (χ0n) is 15.9. The van der Waals surface area contributed by atoms with Gasteiger partial charge >= 0.3 is 0 Å². The van der Waals surface area contributed by atoms with E-state index < -0.39 is 0 Å². The Bertz CT molecular complexity index is 823. The monoisotopic (exact) mass is 365 g/mol. The van der Waals surface area contributed by atoms with Crippen LogP contribution in [-0.4, -0.2) is 40.4 Å². The Morgan fingerprint density at radius 2 is 2.04 bits per heavy atom. The average molecular weight is 365 g/mol. The van der Waals surface area contributed by atoms with Gasteiger partial charge in [-0.1, -0.05) is 44.2 Å². The number of likely N-dealkylation sites (tertiary alicyclic amines) is 1. The van der Waals surface area contributed by atoms with E-state index in [1.807, 2.05) is 29.2 Å². The molecule has 2 fully saturated rings. The van der Waals surface area contributed by atoms with Gasteiger partial charge in [0, 0.05) is 31.2 Å². The van der Waals surface area contributed by atoms with Gasteiger partial charge in [-0.25, -0.2) is 9.97 Å². The van der Waals surface area contributed by atoms with Crippen molar-refractivity contribution in [1.29, 1.82) is 0 Å². The van der Waals surface area contributed by atoms with E-state index in [0.29, 0.717) is 23.4 Å². The summed E-state index contributed by atoms with van der Waals surface area (Å²) in [5.41, 5.74) is 8.33. The van der Waals surface area contributed by atoms with Crippen LogP contribution in [0.2, 0.25) is 0 Å². The summed E-state index contributed by atoms with van der Waals surface area (Å²) in [7, 11) is 0. The number of benzene rings is 1. The minimum atomic E-state index is -0.0441. The van der Waals surface area contributed by atoms with Crippen LogP contribution >= 0.6 is 0 Å². The zero-order chi connectivity index (χ0) is 19.0. The number of anilines is 1. The lowest BCUT2D eigenvalue weighted by molar-refractivity contribution is 0.0708. The number of carbonyl (C=O) groups is 1. The molecule has 0 saturated carbocycles. The third-order valence-corrected chi connectivity index (χ3v) is 5.60. The van der Waals surface area contributed by atoms with E-state index in [9.17, 15) is 4.79 Å². The molecular formula is C21H27N5O. The first-order valence-corrected chi connectivity index (χ1v) is 9.73. The average Bonchev–Trinajstić information content (AvgIpc) is 3.21. The van der Waals surface area contributed by atoms with Gasteiger partial charge in [-0.3, -0.25) is 4.79 Å². The summed E-state index contributed by atoms with van der Waals surface area (Å²) in [5, 5.41) is 3.48. The number of aromatic nitrogens is 2. The first kappa shape index (κ1) is 17.9. The van der Waals surface area contributed by atoms with Gasteiger partial charge < -0.3 is 16.0 Å². The fraction of sp³-hybridized carbons (Fsp3) is 0.476. The molecule has 1 amide bonds. The maximum absolute atomic E-state index is 13.4. The van der Waals surface area contributed by atoms with Crippen molar-refractivity contribution >= 4 is 11.9 Å².